The number of carbonyl (C=O) groups excluding carboxylic acids is 2. The zero-order chi connectivity index (χ0) is 17.2. The molecule has 0 aliphatic rings. The minimum absolute atomic E-state index is 0.194. The van der Waals surface area contributed by atoms with E-state index in [1.54, 1.807) is 43.5 Å². The normalized spacial score (nSPS) is 10.2. The summed E-state index contributed by atoms with van der Waals surface area (Å²) < 4.78 is 10.4. The van der Waals surface area contributed by atoms with E-state index in [0.717, 1.165) is 5.56 Å². The fraction of sp³-hybridized carbons (Fsp3) is 0.111. The Morgan fingerprint density at radius 2 is 1.71 bits per heavy atom. The first kappa shape index (κ1) is 17.1. The van der Waals surface area contributed by atoms with E-state index < -0.39 is 11.8 Å². The third-order valence-corrected chi connectivity index (χ3v) is 2.99. The quantitative estimate of drug-likeness (QED) is 0.628. The van der Waals surface area contributed by atoms with Crippen molar-refractivity contribution < 1.29 is 19.1 Å². The summed E-state index contributed by atoms with van der Waals surface area (Å²) in [5.74, 6) is 0.309. The van der Waals surface area contributed by atoms with Crippen LogP contribution in [0.25, 0.3) is 6.08 Å². The van der Waals surface area contributed by atoms with Gasteiger partial charge in [0.15, 0.2) is 6.61 Å². The monoisotopic (exact) mass is 326 g/mol. The molecule has 124 valence electrons. The van der Waals surface area contributed by atoms with E-state index in [2.05, 4.69) is 10.9 Å². The number of hydrazine groups is 1. The van der Waals surface area contributed by atoms with Crippen LogP contribution >= 0.6 is 0 Å². The third-order valence-electron chi connectivity index (χ3n) is 2.99. The maximum atomic E-state index is 11.7. The van der Waals surface area contributed by atoms with Gasteiger partial charge in [-0.25, -0.2) is 0 Å². The first-order valence-corrected chi connectivity index (χ1v) is 7.27. The molecule has 0 aliphatic heterocycles. The molecule has 0 atom stereocenters. The molecule has 6 nitrogen and oxygen atoms in total. The van der Waals surface area contributed by atoms with Crippen LogP contribution in [0.3, 0.4) is 0 Å². The summed E-state index contributed by atoms with van der Waals surface area (Å²) >= 11 is 0. The van der Waals surface area contributed by atoms with Gasteiger partial charge in [-0.1, -0.05) is 36.4 Å². The van der Waals surface area contributed by atoms with E-state index >= 15 is 0 Å². The molecule has 2 amide bonds. The summed E-state index contributed by atoms with van der Waals surface area (Å²) in [5.41, 5.74) is 5.31. The standard InChI is InChI=1S/C18H18N2O4/c1-23-16-10-6-5-7-14(16)11-12-17(21)19-20-18(22)13-24-15-8-3-2-4-9-15/h2-12H,13H2,1H3,(H,19,21)(H,20,22). The highest BCUT2D eigenvalue weighted by atomic mass is 16.5. The number of hydrogen-bond donors (Lipinski definition) is 2. The zero-order valence-electron chi connectivity index (χ0n) is 13.2. The van der Waals surface area contributed by atoms with Gasteiger partial charge in [-0.15, -0.1) is 0 Å². The Bertz CT molecular complexity index is 714. The fourth-order valence-corrected chi connectivity index (χ4v) is 1.84. The van der Waals surface area contributed by atoms with E-state index in [-0.39, 0.29) is 6.61 Å². The van der Waals surface area contributed by atoms with Crippen LogP contribution in [0, 0.1) is 0 Å². The van der Waals surface area contributed by atoms with Crippen LogP contribution in [0.15, 0.2) is 60.7 Å². The van der Waals surface area contributed by atoms with Crippen molar-refractivity contribution in [2.75, 3.05) is 13.7 Å². The number of carbonyl (C=O) groups is 2. The molecule has 0 saturated heterocycles. The van der Waals surface area contributed by atoms with Crippen LogP contribution in [0.1, 0.15) is 5.56 Å². The molecule has 2 N–H and O–H groups in total. The molecule has 0 saturated carbocycles. The van der Waals surface area contributed by atoms with Crippen LogP contribution in [-0.2, 0) is 9.59 Å². The molecule has 2 aromatic rings. The van der Waals surface area contributed by atoms with Gasteiger partial charge in [0.1, 0.15) is 11.5 Å². The molecule has 2 rings (SSSR count). The van der Waals surface area contributed by atoms with E-state index in [1.807, 2.05) is 24.3 Å². The molecular weight excluding hydrogens is 308 g/mol. The molecule has 0 fully saturated rings. The van der Waals surface area contributed by atoms with Crippen molar-refractivity contribution in [1.82, 2.24) is 10.9 Å². The van der Waals surface area contributed by atoms with Gasteiger partial charge in [-0.2, -0.15) is 0 Å². The summed E-state index contributed by atoms with van der Waals surface area (Å²) in [6.07, 6.45) is 2.90. The molecule has 0 spiro atoms. The lowest BCUT2D eigenvalue weighted by atomic mass is 10.2. The van der Waals surface area contributed by atoms with Crippen LogP contribution in [-0.4, -0.2) is 25.5 Å². The summed E-state index contributed by atoms with van der Waals surface area (Å²) in [4.78, 5) is 23.3. The number of hydrogen-bond acceptors (Lipinski definition) is 4. The minimum atomic E-state index is -0.464. The Kier molecular flexibility index (Phi) is 6.40. The SMILES string of the molecule is COc1ccccc1C=CC(=O)NNC(=O)COc1ccccc1. The third kappa shape index (κ3) is 5.49. The number of nitrogens with one attached hydrogen (secondary N) is 2. The van der Waals surface area contributed by atoms with Gasteiger partial charge >= 0.3 is 0 Å². The number of methoxy groups -OCH3 is 1. The van der Waals surface area contributed by atoms with E-state index in [4.69, 9.17) is 9.47 Å². The van der Waals surface area contributed by atoms with Gasteiger partial charge in [0, 0.05) is 11.6 Å². The summed E-state index contributed by atoms with van der Waals surface area (Å²) in [6.45, 7) is -0.194. The second-order valence-corrected chi connectivity index (χ2v) is 4.71. The van der Waals surface area contributed by atoms with Gasteiger partial charge in [0.25, 0.3) is 11.8 Å². The largest absolute Gasteiger partial charge is 0.496 e. The highest BCUT2D eigenvalue weighted by molar-refractivity contribution is 5.93. The molecular formula is C18H18N2O4. The second kappa shape index (κ2) is 8.99. The highest BCUT2D eigenvalue weighted by Crippen LogP contribution is 2.18. The number of para-hydroxylation sites is 2. The second-order valence-electron chi connectivity index (χ2n) is 4.71. The zero-order valence-corrected chi connectivity index (χ0v) is 13.2. The van der Waals surface area contributed by atoms with Gasteiger partial charge in [0.05, 0.1) is 7.11 Å². The topological polar surface area (TPSA) is 76.7 Å². The fourth-order valence-electron chi connectivity index (χ4n) is 1.84. The van der Waals surface area contributed by atoms with E-state index in [0.29, 0.717) is 11.5 Å². The average molecular weight is 326 g/mol. The van der Waals surface area contributed by atoms with Gasteiger partial charge in [0.2, 0.25) is 0 Å². The Balaban J connectivity index is 1.76. The van der Waals surface area contributed by atoms with Crippen molar-refractivity contribution in [1.29, 1.82) is 0 Å². The molecule has 0 aromatic heterocycles. The maximum absolute atomic E-state index is 11.7. The van der Waals surface area contributed by atoms with Crippen LogP contribution in [0.2, 0.25) is 0 Å². The van der Waals surface area contributed by atoms with Gasteiger partial charge in [-0.3, -0.25) is 20.4 Å². The minimum Gasteiger partial charge on any atom is -0.496 e. The molecule has 0 aliphatic carbocycles. The van der Waals surface area contributed by atoms with Crippen molar-refractivity contribution in [2.24, 2.45) is 0 Å². The van der Waals surface area contributed by atoms with Crippen molar-refractivity contribution in [3.05, 3.63) is 66.2 Å². The molecule has 0 bridgehead atoms. The number of rotatable bonds is 6. The van der Waals surface area contributed by atoms with Crippen LogP contribution in [0.5, 0.6) is 11.5 Å². The Morgan fingerprint density at radius 1 is 1.00 bits per heavy atom. The number of ether oxygens (including phenoxy) is 2. The Morgan fingerprint density at radius 3 is 2.46 bits per heavy atom. The maximum Gasteiger partial charge on any atom is 0.276 e. The lowest BCUT2D eigenvalue weighted by Gasteiger charge is -2.07. The number of benzene rings is 2. The smallest absolute Gasteiger partial charge is 0.276 e. The summed E-state index contributed by atoms with van der Waals surface area (Å²) in [5, 5.41) is 0. The first-order valence-electron chi connectivity index (χ1n) is 7.27. The molecule has 0 unspecified atom stereocenters. The van der Waals surface area contributed by atoms with Gasteiger partial charge < -0.3 is 9.47 Å². The van der Waals surface area contributed by atoms with Crippen molar-refractivity contribution >= 4 is 17.9 Å². The highest BCUT2D eigenvalue weighted by Gasteiger charge is 2.04. The first-order chi connectivity index (χ1) is 11.7. The Hall–Kier alpha value is -3.28. The predicted octanol–water partition coefficient (Wildman–Crippen LogP) is 1.93. The molecule has 2 aromatic carbocycles. The lowest BCUT2D eigenvalue weighted by molar-refractivity contribution is -0.128. The van der Waals surface area contributed by atoms with Crippen molar-refractivity contribution in [2.45, 2.75) is 0 Å². The summed E-state index contributed by atoms with van der Waals surface area (Å²) in [6, 6.07) is 16.2. The predicted molar refractivity (Wildman–Crippen MR) is 90.3 cm³/mol. The number of amides is 2. The average Bonchev–Trinajstić information content (AvgIpc) is 2.64. The Labute approximate surface area is 140 Å². The van der Waals surface area contributed by atoms with E-state index in [1.165, 1.54) is 6.08 Å². The van der Waals surface area contributed by atoms with Gasteiger partial charge in [-0.05, 0) is 24.3 Å². The molecule has 0 radical (unpaired) electrons. The van der Waals surface area contributed by atoms with Crippen molar-refractivity contribution in [3.8, 4) is 11.5 Å². The lowest BCUT2D eigenvalue weighted by Crippen LogP contribution is -2.43. The van der Waals surface area contributed by atoms with Crippen molar-refractivity contribution in [3.63, 3.8) is 0 Å². The molecule has 6 heteroatoms. The van der Waals surface area contributed by atoms with Crippen LogP contribution in [0.4, 0.5) is 0 Å². The molecule has 24 heavy (non-hydrogen) atoms. The van der Waals surface area contributed by atoms with Crippen LogP contribution < -0.4 is 20.3 Å². The molecule has 0 heterocycles. The van der Waals surface area contributed by atoms with E-state index in [9.17, 15) is 9.59 Å². The summed E-state index contributed by atoms with van der Waals surface area (Å²) in [7, 11) is 1.56.